The van der Waals surface area contributed by atoms with Crippen LogP contribution in [0.4, 0.5) is 17.1 Å². The van der Waals surface area contributed by atoms with E-state index in [0.29, 0.717) is 0 Å². The second kappa shape index (κ2) is 14.8. The molecule has 59 heavy (non-hydrogen) atoms. The van der Waals surface area contributed by atoms with E-state index in [2.05, 4.69) is 205 Å². The van der Waals surface area contributed by atoms with Crippen molar-refractivity contribution in [2.24, 2.45) is 0 Å². The molecule has 0 unspecified atom stereocenters. The van der Waals surface area contributed by atoms with Gasteiger partial charge in [-0.15, -0.1) is 11.3 Å². The zero-order valence-corrected chi connectivity index (χ0v) is 32.8. The number of para-hydroxylation sites is 1. The Morgan fingerprint density at radius 2 is 0.915 bits per heavy atom. The molecule has 11 rings (SSSR count). The highest BCUT2D eigenvalue weighted by molar-refractivity contribution is 7.22. The van der Waals surface area contributed by atoms with Gasteiger partial charge in [0.2, 0.25) is 0 Å². The van der Waals surface area contributed by atoms with E-state index < -0.39 is 0 Å². The summed E-state index contributed by atoms with van der Waals surface area (Å²) < 4.78 is 7.82. The van der Waals surface area contributed by atoms with Gasteiger partial charge in [-0.05, 0) is 75.8 Å². The van der Waals surface area contributed by atoms with Crippen LogP contribution in [0, 0.1) is 0 Å². The fourth-order valence-corrected chi connectivity index (χ4v) is 9.35. The number of anilines is 3. The van der Waals surface area contributed by atoms with Gasteiger partial charge in [0.25, 0.3) is 0 Å². The Balaban J connectivity index is 1.11. The molecule has 0 aliphatic rings. The summed E-state index contributed by atoms with van der Waals surface area (Å²) in [6.45, 7) is 0. The van der Waals surface area contributed by atoms with Crippen molar-refractivity contribution in [3.8, 4) is 55.1 Å². The first-order valence-electron chi connectivity index (χ1n) is 19.9. The van der Waals surface area contributed by atoms with Crippen LogP contribution in [0.15, 0.2) is 223 Å². The first kappa shape index (κ1) is 34.7. The molecule has 2 heterocycles. The van der Waals surface area contributed by atoms with Gasteiger partial charge >= 0.3 is 0 Å². The largest absolute Gasteiger partial charge is 0.455 e. The summed E-state index contributed by atoms with van der Waals surface area (Å²) in [5, 5.41) is 3.16. The van der Waals surface area contributed by atoms with Gasteiger partial charge in [-0.1, -0.05) is 176 Å². The summed E-state index contributed by atoms with van der Waals surface area (Å²) in [5.74, 6) is 0. The number of nitrogens with zero attached hydrogens (tertiary/aromatic N) is 2. The first-order valence-corrected chi connectivity index (χ1v) is 20.7. The van der Waals surface area contributed by atoms with Crippen LogP contribution >= 0.6 is 11.3 Å². The molecule has 0 radical (unpaired) electrons. The number of thiazole rings is 1. The monoisotopic (exact) mass is 772 g/mol. The van der Waals surface area contributed by atoms with E-state index in [1.165, 1.54) is 16.7 Å². The molecule has 0 bridgehead atoms. The molecule has 9 aromatic carbocycles. The predicted molar refractivity (Wildman–Crippen MR) is 249 cm³/mol. The van der Waals surface area contributed by atoms with E-state index in [9.17, 15) is 0 Å². The molecule has 2 aromatic heterocycles. The average Bonchev–Trinajstić information content (AvgIpc) is 3.92. The molecule has 0 aliphatic heterocycles. The summed E-state index contributed by atoms with van der Waals surface area (Å²) in [7, 11) is 0. The fourth-order valence-electron chi connectivity index (χ4n) is 8.24. The summed E-state index contributed by atoms with van der Waals surface area (Å²) in [6, 6.07) is 77.5. The standard InChI is InChI=1S/C55H36N2OS/c1-5-15-37(16-6-1)39-25-30-44(31-26-39)57(50-35-43(38-17-7-2-8-18-38)29-34-46(50)40-19-9-3-10-20-40)45-32-27-41(28-33-45)52-53-48(47-23-13-14-24-51(47)58-53)36-49-54(52)59-55(56-49)42-21-11-4-12-22-42/h1-36H. The lowest BCUT2D eigenvalue weighted by Gasteiger charge is -2.29. The van der Waals surface area contributed by atoms with Crippen molar-refractivity contribution >= 4 is 60.6 Å². The molecule has 0 saturated carbocycles. The van der Waals surface area contributed by atoms with E-state index in [1.807, 2.05) is 18.2 Å². The molecule has 0 N–H and O–H groups in total. The van der Waals surface area contributed by atoms with Crippen LogP contribution in [0.5, 0.6) is 0 Å². The van der Waals surface area contributed by atoms with E-state index in [0.717, 1.165) is 87.6 Å². The van der Waals surface area contributed by atoms with Gasteiger partial charge in [0, 0.05) is 38.8 Å². The number of hydrogen-bond donors (Lipinski definition) is 0. The zero-order chi connectivity index (χ0) is 39.1. The van der Waals surface area contributed by atoms with Gasteiger partial charge in [-0.25, -0.2) is 4.98 Å². The quantitative estimate of drug-likeness (QED) is 0.154. The van der Waals surface area contributed by atoms with Gasteiger partial charge in [0.1, 0.15) is 16.2 Å². The molecule has 4 heteroatoms. The number of aromatic nitrogens is 1. The predicted octanol–water partition coefficient (Wildman–Crippen LogP) is 16.0. The molecule has 0 spiro atoms. The van der Waals surface area contributed by atoms with Crippen LogP contribution in [0.25, 0.3) is 87.2 Å². The molecule has 0 saturated heterocycles. The van der Waals surface area contributed by atoms with Gasteiger partial charge in [-0.3, -0.25) is 0 Å². The molecule has 0 amide bonds. The Morgan fingerprint density at radius 1 is 0.407 bits per heavy atom. The van der Waals surface area contributed by atoms with E-state index in [1.54, 1.807) is 11.3 Å². The highest BCUT2D eigenvalue weighted by Gasteiger charge is 2.22. The Labute approximate surface area is 346 Å². The number of hydrogen-bond acceptors (Lipinski definition) is 4. The third-order valence-electron chi connectivity index (χ3n) is 11.1. The minimum atomic E-state index is 0.873. The van der Waals surface area contributed by atoms with Crippen molar-refractivity contribution in [2.45, 2.75) is 0 Å². The number of rotatable bonds is 8. The SMILES string of the molecule is c1ccc(-c2ccc(N(c3ccc(-c4c5oc6ccccc6c5cc5nc(-c6ccccc6)sc45)cc3)c3cc(-c4ccccc4)ccc3-c3ccccc3)cc2)cc1. The lowest BCUT2D eigenvalue weighted by atomic mass is 9.96. The van der Waals surface area contributed by atoms with Crippen molar-refractivity contribution in [1.82, 2.24) is 4.98 Å². The Kier molecular flexibility index (Phi) is 8.68. The first-order chi connectivity index (χ1) is 29.2. The van der Waals surface area contributed by atoms with Crippen LogP contribution in [0.1, 0.15) is 0 Å². The topological polar surface area (TPSA) is 29.3 Å². The molecule has 3 nitrogen and oxygen atoms in total. The molecule has 0 aliphatic carbocycles. The van der Waals surface area contributed by atoms with Gasteiger partial charge in [0.15, 0.2) is 0 Å². The van der Waals surface area contributed by atoms with Crippen molar-refractivity contribution in [2.75, 3.05) is 4.90 Å². The van der Waals surface area contributed by atoms with Crippen LogP contribution in [-0.2, 0) is 0 Å². The second-order valence-electron chi connectivity index (χ2n) is 14.7. The van der Waals surface area contributed by atoms with Crippen molar-refractivity contribution in [1.29, 1.82) is 0 Å². The average molecular weight is 773 g/mol. The van der Waals surface area contributed by atoms with E-state index in [-0.39, 0.29) is 0 Å². The van der Waals surface area contributed by atoms with Crippen molar-refractivity contribution in [3.63, 3.8) is 0 Å². The van der Waals surface area contributed by atoms with Gasteiger partial charge in [-0.2, -0.15) is 0 Å². The van der Waals surface area contributed by atoms with Crippen molar-refractivity contribution in [3.05, 3.63) is 218 Å². The minimum Gasteiger partial charge on any atom is -0.455 e. The smallest absolute Gasteiger partial charge is 0.144 e. The normalized spacial score (nSPS) is 11.4. The van der Waals surface area contributed by atoms with E-state index >= 15 is 0 Å². The third kappa shape index (κ3) is 6.37. The van der Waals surface area contributed by atoms with Crippen LogP contribution in [0.3, 0.4) is 0 Å². The Morgan fingerprint density at radius 3 is 1.56 bits per heavy atom. The number of fused-ring (bicyclic) bond motifs is 4. The van der Waals surface area contributed by atoms with Crippen LogP contribution in [0.2, 0.25) is 0 Å². The highest BCUT2D eigenvalue weighted by Crippen LogP contribution is 2.47. The second-order valence-corrected chi connectivity index (χ2v) is 15.7. The van der Waals surface area contributed by atoms with Gasteiger partial charge in [0.05, 0.1) is 15.9 Å². The van der Waals surface area contributed by atoms with E-state index in [4.69, 9.17) is 9.40 Å². The summed E-state index contributed by atoms with van der Waals surface area (Å²) in [6.07, 6.45) is 0. The minimum absolute atomic E-state index is 0.873. The summed E-state index contributed by atoms with van der Waals surface area (Å²) in [4.78, 5) is 7.59. The fraction of sp³-hybridized carbons (Fsp3) is 0. The Bertz CT molecular complexity index is 3230. The molecule has 11 aromatic rings. The van der Waals surface area contributed by atoms with Crippen LogP contribution in [-0.4, -0.2) is 4.98 Å². The van der Waals surface area contributed by atoms with Crippen molar-refractivity contribution < 1.29 is 4.42 Å². The molecule has 0 atom stereocenters. The Hall–Kier alpha value is -7.53. The maximum Gasteiger partial charge on any atom is 0.144 e. The maximum atomic E-state index is 6.71. The molecular weight excluding hydrogens is 737 g/mol. The zero-order valence-electron chi connectivity index (χ0n) is 32.0. The maximum absolute atomic E-state index is 6.71. The molecule has 278 valence electrons. The lowest BCUT2D eigenvalue weighted by molar-refractivity contribution is 0.670. The summed E-state index contributed by atoms with van der Waals surface area (Å²) >= 11 is 1.72. The molecular formula is C55H36N2OS. The third-order valence-corrected chi connectivity index (χ3v) is 12.3. The molecule has 0 fully saturated rings. The van der Waals surface area contributed by atoms with Gasteiger partial charge < -0.3 is 9.32 Å². The number of furan rings is 1. The van der Waals surface area contributed by atoms with Crippen LogP contribution < -0.4 is 4.90 Å². The lowest BCUT2D eigenvalue weighted by Crippen LogP contribution is -2.11. The number of benzene rings is 9. The highest BCUT2D eigenvalue weighted by atomic mass is 32.1. The summed E-state index contributed by atoms with van der Waals surface area (Å²) in [5.41, 5.74) is 16.2.